The Morgan fingerprint density at radius 2 is 1.97 bits per heavy atom. The van der Waals surface area contributed by atoms with Gasteiger partial charge in [-0.05, 0) is 44.2 Å². The molecule has 0 radical (unpaired) electrons. The molecular formula is C24H25F3N8O. The molecule has 36 heavy (non-hydrogen) atoms. The van der Waals surface area contributed by atoms with Gasteiger partial charge in [0.2, 0.25) is 11.9 Å². The lowest BCUT2D eigenvalue weighted by Crippen LogP contribution is -2.55. The Morgan fingerprint density at radius 1 is 1.14 bits per heavy atom. The van der Waals surface area contributed by atoms with Gasteiger partial charge in [-0.15, -0.1) is 0 Å². The lowest BCUT2D eigenvalue weighted by atomic mass is 10.0. The highest BCUT2D eigenvalue weighted by molar-refractivity contribution is 6.05. The molecule has 0 saturated heterocycles. The first-order valence-corrected chi connectivity index (χ1v) is 12.1. The minimum absolute atomic E-state index is 0.121. The fourth-order valence-electron chi connectivity index (χ4n) is 4.94. The Bertz CT molecular complexity index is 1300. The molecule has 1 N–H and O–H groups in total. The van der Waals surface area contributed by atoms with Crippen molar-refractivity contribution in [2.75, 3.05) is 21.7 Å². The largest absolute Gasteiger partial charge is 0.433 e. The molecule has 12 heteroatoms. The number of nitrogens with zero attached hydrogens (tertiary/aromatic N) is 7. The highest BCUT2D eigenvalue weighted by Crippen LogP contribution is 2.45. The van der Waals surface area contributed by atoms with Crippen LogP contribution >= 0.6 is 0 Å². The van der Waals surface area contributed by atoms with E-state index < -0.39 is 11.9 Å². The summed E-state index contributed by atoms with van der Waals surface area (Å²) in [6.45, 7) is 3.40. The first kappa shape index (κ1) is 22.7. The zero-order valence-corrected chi connectivity index (χ0v) is 19.7. The summed E-state index contributed by atoms with van der Waals surface area (Å²) in [7, 11) is 0. The van der Waals surface area contributed by atoms with E-state index in [0.29, 0.717) is 37.2 Å². The molecule has 3 aliphatic rings. The molecule has 5 heterocycles. The van der Waals surface area contributed by atoms with Crippen LogP contribution in [0.1, 0.15) is 48.7 Å². The molecule has 1 saturated carbocycles. The van der Waals surface area contributed by atoms with Crippen LogP contribution in [-0.2, 0) is 30.5 Å². The van der Waals surface area contributed by atoms with E-state index in [0.717, 1.165) is 54.5 Å². The number of halogens is 3. The van der Waals surface area contributed by atoms with Gasteiger partial charge in [-0.2, -0.15) is 23.3 Å². The van der Waals surface area contributed by atoms with Crippen LogP contribution in [0.5, 0.6) is 0 Å². The van der Waals surface area contributed by atoms with Gasteiger partial charge in [0.1, 0.15) is 17.4 Å². The molecule has 3 aromatic rings. The number of amides is 1. The molecule has 2 aliphatic heterocycles. The maximum Gasteiger partial charge on any atom is 0.433 e. The van der Waals surface area contributed by atoms with Crippen molar-refractivity contribution in [2.45, 2.75) is 64.0 Å². The average Bonchev–Trinajstić information content (AvgIpc) is 3.59. The van der Waals surface area contributed by atoms with E-state index in [1.54, 1.807) is 10.9 Å². The predicted molar refractivity (Wildman–Crippen MR) is 126 cm³/mol. The van der Waals surface area contributed by atoms with Crippen LogP contribution in [0.15, 0.2) is 30.7 Å². The van der Waals surface area contributed by atoms with Crippen LogP contribution in [0, 0.1) is 0 Å². The molecule has 9 nitrogen and oxygen atoms in total. The quantitative estimate of drug-likeness (QED) is 0.557. The lowest BCUT2D eigenvalue weighted by Gasteiger charge is -2.43. The van der Waals surface area contributed by atoms with Crippen LogP contribution < -0.4 is 15.1 Å². The Kier molecular flexibility index (Phi) is 5.34. The minimum Gasteiger partial charge on any atom is -0.350 e. The molecule has 0 unspecified atom stereocenters. The van der Waals surface area contributed by atoms with Crippen LogP contribution in [0.3, 0.4) is 0 Å². The number of hydrogen-bond donors (Lipinski definition) is 1. The maximum atomic E-state index is 13.0. The first-order chi connectivity index (χ1) is 17.3. The second kappa shape index (κ2) is 8.45. The normalized spacial score (nSPS) is 19.4. The summed E-state index contributed by atoms with van der Waals surface area (Å²) in [4.78, 5) is 30.1. The fourth-order valence-corrected chi connectivity index (χ4v) is 4.94. The SMILES string of the molecule is C[C@H]1C(=O)N2CCCc3nc(NCc4cnn(Cc5ccc(C(F)(F)F)nc5)c4)nc(c32)N1C1CC1. The Morgan fingerprint density at radius 3 is 2.69 bits per heavy atom. The van der Waals surface area contributed by atoms with Gasteiger partial charge in [0.25, 0.3) is 0 Å². The van der Waals surface area contributed by atoms with E-state index >= 15 is 0 Å². The summed E-state index contributed by atoms with van der Waals surface area (Å²) >= 11 is 0. The monoisotopic (exact) mass is 498 g/mol. The summed E-state index contributed by atoms with van der Waals surface area (Å²) in [6.07, 6.45) is 4.08. The lowest BCUT2D eigenvalue weighted by molar-refractivity contribution is -0.141. The number of nitrogens with one attached hydrogen (secondary N) is 1. The average molecular weight is 499 g/mol. The van der Waals surface area contributed by atoms with Crippen molar-refractivity contribution in [2.24, 2.45) is 0 Å². The van der Waals surface area contributed by atoms with Crippen molar-refractivity contribution in [1.29, 1.82) is 0 Å². The fraction of sp³-hybridized carbons (Fsp3) is 0.458. The number of alkyl halides is 3. The third-order valence-corrected chi connectivity index (χ3v) is 6.83. The van der Waals surface area contributed by atoms with E-state index in [1.807, 2.05) is 18.0 Å². The molecule has 188 valence electrons. The van der Waals surface area contributed by atoms with Crippen LogP contribution in [0.25, 0.3) is 0 Å². The van der Waals surface area contributed by atoms with Crippen LogP contribution in [0.4, 0.5) is 30.6 Å². The molecule has 6 rings (SSSR count). The molecule has 1 fully saturated rings. The van der Waals surface area contributed by atoms with Crippen molar-refractivity contribution in [3.8, 4) is 0 Å². The van der Waals surface area contributed by atoms with Crippen molar-refractivity contribution in [3.05, 3.63) is 53.2 Å². The summed E-state index contributed by atoms with van der Waals surface area (Å²) in [6, 6.07) is 2.49. The van der Waals surface area contributed by atoms with Crippen LogP contribution in [0.2, 0.25) is 0 Å². The number of anilines is 3. The number of pyridine rings is 1. The summed E-state index contributed by atoms with van der Waals surface area (Å²) in [5, 5.41) is 7.60. The maximum absolute atomic E-state index is 13.0. The summed E-state index contributed by atoms with van der Waals surface area (Å²) in [5.41, 5.74) is 2.35. The Balaban J connectivity index is 1.18. The molecular weight excluding hydrogens is 473 g/mol. The van der Waals surface area contributed by atoms with Gasteiger partial charge in [-0.3, -0.25) is 14.5 Å². The van der Waals surface area contributed by atoms with Gasteiger partial charge < -0.3 is 15.1 Å². The molecule has 0 aromatic carbocycles. The number of carbonyl (C=O) groups excluding carboxylic acids is 1. The van der Waals surface area contributed by atoms with Gasteiger partial charge in [0, 0.05) is 37.1 Å². The van der Waals surface area contributed by atoms with Crippen molar-refractivity contribution in [1.82, 2.24) is 24.7 Å². The Labute approximate surface area is 205 Å². The third-order valence-electron chi connectivity index (χ3n) is 6.83. The van der Waals surface area contributed by atoms with Gasteiger partial charge >= 0.3 is 6.18 Å². The predicted octanol–water partition coefficient (Wildman–Crippen LogP) is 3.40. The highest BCUT2D eigenvalue weighted by Gasteiger charge is 2.45. The molecule has 0 bridgehead atoms. The number of aromatic nitrogens is 5. The van der Waals surface area contributed by atoms with Gasteiger partial charge in [-0.1, -0.05) is 6.07 Å². The zero-order valence-electron chi connectivity index (χ0n) is 19.7. The standard InChI is InChI=1S/C24H25F3N8O/c1-14-22(36)34-8-2-3-18-20(34)21(35(14)17-5-6-17)32-23(31-18)29-10-16-11-30-33(13-16)12-15-4-7-19(28-9-15)24(25,26)27/h4,7,9,11,13-14,17H,2-3,5-6,8,10,12H2,1H3,(H,29,31,32)/t14-/m0/s1. The summed E-state index contributed by atoms with van der Waals surface area (Å²) in [5.74, 6) is 1.47. The van der Waals surface area contributed by atoms with E-state index in [9.17, 15) is 18.0 Å². The minimum atomic E-state index is -4.46. The zero-order chi connectivity index (χ0) is 25.0. The van der Waals surface area contributed by atoms with Gasteiger partial charge in [0.15, 0.2) is 5.82 Å². The topological polar surface area (TPSA) is 92.1 Å². The Hall–Kier alpha value is -3.70. The number of aryl methyl sites for hydroxylation is 1. The summed E-state index contributed by atoms with van der Waals surface area (Å²) < 4.78 is 39.8. The van der Waals surface area contributed by atoms with Crippen molar-refractivity contribution >= 4 is 23.4 Å². The third kappa shape index (κ3) is 4.14. The molecule has 3 aromatic heterocycles. The van der Waals surface area contributed by atoms with E-state index in [1.165, 1.54) is 12.3 Å². The van der Waals surface area contributed by atoms with Crippen molar-refractivity contribution in [3.63, 3.8) is 0 Å². The molecule has 1 amide bonds. The second-order valence-corrected chi connectivity index (χ2v) is 9.52. The number of hydrogen-bond acceptors (Lipinski definition) is 7. The smallest absolute Gasteiger partial charge is 0.350 e. The van der Waals surface area contributed by atoms with E-state index in [2.05, 4.69) is 20.3 Å². The molecule has 0 spiro atoms. The number of carbonyl (C=O) groups is 1. The highest BCUT2D eigenvalue weighted by atomic mass is 19.4. The van der Waals surface area contributed by atoms with E-state index in [4.69, 9.17) is 9.97 Å². The second-order valence-electron chi connectivity index (χ2n) is 9.52. The van der Waals surface area contributed by atoms with Crippen molar-refractivity contribution < 1.29 is 18.0 Å². The molecule has 1 aliphatic carbocycles. The molecule has 1 atom stereocenters. The van der Waals surface area contributed by atoms with Gasteiger partial charge in [-0.25, -0.2) is 4.98 Å². The van der Waals surface area contributed by atoms with Gasteiger partial charge in [0.05, 0.1) is 18.4 Å². The number of rotatable bonds is 6. The van der Waals surface area contributed by atoms with E-state index in [-0.39, 0.29) is 11.9 Å². The van der Waals surface area contributed by atoms with Crippen LogP contribution in [-0.4, -0.2) is 49.3 Å². The first-order valence-electron chi connectivity index (χ1n) is 12.1.